The van der Waals surface area contributed by atoms with E-state index in [1.54, 1.807) is 44.3 Å². The molecule has 0 bridgehead atoms. The summed E-state index contributed by atoms with van der Waals surface area (Å²) >= 11 is 0. The van der Waals surface area contributed by atoms with Gasteiger partial charge >= 0.3 is 11.9 Å². The van der Waals surface area contributed by atoms with E-state index in [9.17, 15) is 78.0 Å². The lowest BCUT2D eigenvalue weighted by Crippen LogP contribution is -2.62. The molecule has 2 aromatic carbocycles. The molecule has 0 unspecified atom stereocenters. The lowest BCUT2D eigenvalue weighted by atomic mass is 9.96. The van der Waals surface area contributed by atoms with Gasteiger partial charge in [0.15, 0.2) is 6.04 Å². The second-order valence-electron chi connectivity index (χ2n) is 18.1. The molecule has 0 spiro atoms. The first-order valence-electron chi connectivity index (χ1n) is 23.9. The summed E-state index contributed by atoms with van der Waals surface area (Å²) in [5.41, 5.74) is 23.4. The number of hydrogen-bond donors (Lipinski definition) is 16. The maximum absolute atomic E-state index is 14.3. The minimum absolute atomic E-state index is 0.183. The number of aliphatic hydroxyl groups is 1. The number of phenols is 1. The van der Waals surface area contributed by atoms with Gasteiger partial charge in [-0.05, 0) is 55.0 Å². The first-order valence-corrected chi connectivity index (χ1v) is 23.9. The third kappa shape index (κ3) is 19.6. The number of carbonyl (C=O) groups is 12. The van der Waals surface area contributed by atoms with Crippen LogP contribution in [0.5, 0.6) is 5.75 Å². The first-order chi connectivity index (χ1) is 35.7. The van der Waals surface area contributed by atoms with Crippen molar-refractivity contribution in [3.63, 3.8) is 0 Å². The summed E-state index contributed by atoms with van der Waals surface area (Å²) in [6.45, 7) is 4.39. The van der Waals surface area contributed by atoms with Crippen LogP contribution in [0.1, 0.15) is 76.8 Å². The number of fused-ring (bicyclic) bond motifs is 1. The maximum atomic E-state index is 14.3. The predicted molar refractivity (Wildman–Crippen MR) is 267 cm³/mol. The Bertz CT molecular complexity index is 2610. The predicted octanol–water partition coefficient (Wildman–Crippen LogP) is -4.23. The van der Waals surface area contributed by atoms with E-state index in [1.165, 1.54) is 24.3 Å². The smallest absolute Gasteiger partial charge is 0.328 e. The van der Waals surface area contributed by atoms with Crippen molar-refractivity contribution in [3.05, 3.63) is 65.9 Å². The Hall–Kier alpha value is -8.66. The van der Waals surface area contributed by atoms with E-state index >= 15 is 0 Å². The van der Waals surface area contributed by atoms with Gasteiger partial charge in [-0.25, -0.2) is 4.79 Å². The zero-order chi connectivity index (χ0) is 57.0. The van der Waals surface area contributed by atoms with Crippen LogP contribution in [-0.2, 0) is 70.4 Å². The van der Waals surface area contributed by atoms with Crippen LogP contribution in [0, 0.1) is 5.92 Å². The number of para-hydroxylation sites is 1. The zero-order valence-electron chi connectivity index (χ0n) is 41.8. The number of carboxylic acid groups (broad SMARTS) is 2. The second kappa shape index (κ2) is 29.3. The largest absolute Gasteiger partial charge is 0.508 e. The highest BCUT2D eigenvalue weighted by molar-refractivity contribution is 6.00. The average Bonchev–Trinajstić information content (AvgIpc) is 3.76. The number of aromatic nitrogens is 1. The van der Waals surface area contributed by atoms with Crippen molar-refractivity contribution >= 4 is 81.9 Å². The molecule has 3 rings (SSSR count). The number of benzene rings is 2. The van der Waals surface area contributed by atoms with Gasteiger partial charge in [-0.3, -0.25) is 52.7 Å². The Morgan fingerprint density at radius 1 is 0.566 bits per heavy atom. The number of amides is 10. The van der Waals surface area contributed by atoms with Crippen LogP contribution >= 0.6 is 0 Å². The number of aliphatic carboxylic acids is 2. The van der Waals surface area contributed by atoms with Crippen molar-refractivity contribution in [2.24, 2.45) is 28.9 Å². The highest BCUT2D eigenvalue weighted by atomic mass is 16.4. The van der Waals surface area contributed by atoms with Gasteiger partial charge in [-0.2, -0.15) is 0 Å². The number of H-pyrrole nitrogens is 1. The molecule has 10 amide bonds. The number of hydrogen-bond acceptors (Lipinski definition) is 15. The van der Waals surface area contributed by atoms with E-state index in [0.29, 0.717) is 22.0 Å². The van der Waals surface area contributed by atoms with Crippen molar-refractivity contribution in [2.45, 2.75) is 133 Å². The average molecular weight is 1070 g/mol. The summed E-state index contributed by atoms with van der Waals surface area (Å²) in [4.78, 5) is 160. The summed E-state index contributed by atoms with van der Waals surface area (Å²) in [7, 11) is 0. The quantitative estimate of drug-likeness (QED) is 0.0282. The molecule has 1 aromatic heterocycles. The molecule has 0 fully saturated rings. The normalized spacial score (nSPS) is 15.0. The minimum Gasteiger partial charge on any atom is -0.508 e. The Kier molecular flexibility index (Phi) is 23.8. The highest BCUT2D eigenvalue weighted by Crippen LogP contribution is 2.20. The van der Waals surface area contributed by atoms with E-state index in [0.717, 1.165) is 6.92 Å². The van der Waals surface area contributed by atoms with Crippen LogP contribution in [0.2, 0.25) is 0 Å². The molecular weight excluding hydrogens is 1000 g/mol. The molecule has 0 aliphatic heterocycles. The Morgan fingerprint density at radius 3 is 1.57 bits per heavy atom. The molecule has 0 radical (unpaired) electrons. The number of nitrogens with one attached hydrogen (secondary N) is 8. The van der Waals surface area contributed by atoms with Crippen LogP contribution in [-0.4, -0.2) is 151 Å². The van der Waals surface area contributed by atoms with Crippen LogP contribution in [0.4, 0.5) is 0 Å². The van der Waals surface area contributed by atoms with Crippen molar-refractivity contribution in [3.8, 4) is 5.75 Å². The maximum Gasteiger partial charge on any atom is 0.328 e. The van der Waals surface area contributed by atoms with Crippen molar-refractivity contribution < 1.29 is 78.0 Å². The minimum atomic E-state index is -1.98. The zero-order valence-corrected chi connectivity index (χ0v) is 41.8. The SMILES string of the molecule is CC[C@H](C)[C@H](NC(=O)[C@H](Cc1c[nH]c2ccccc12)NC(=O)[C@H](CC(N)=O)NC(=O)[C@H](CC(N)=O)NC(=O)[C@H](Cc1ccc(O)cc1)NC(=O)[C@H](CCC(=O)O)NC(=O)[C@@H](N)CCC(N)=O)C(=O)N[C@H](C(=O)O)[C@@H](C)O. The summed E-state index contributed by atoms with van der Waals surface area (Å²) in [5, 5.41) is 55.9. The fourth-order valence-corrected chi connectivity index (χ4v) is 7.55. The fraction of sp³-hybridized carbons (Fsp3) is 0.458. The number of phenolic OH excluding ortho intramolecular Hbond substituents is 1. The van der Waals surface area contributed by atoms with Gasteiger partial charge in [0.1, 0.15) is 42.0 Å². The summed E-state index contributed by atoms with van der Waals surface area (Å²) in [6, 6.07) is -1.41. The Labute approximate surface area is 434 Å². The molecule has 0 saturated heterocycles. The molecule has 28 nitrogen and oxygen atoms in total. The molecule has 10 atom stereocenters. The van der Waals surface area contributed by atoms with Gasteiger partial charge in [-0.1, -0.05) is 50.6 Å². The number of aliphatic hydroxyl groups excluding tert-OH is 1. The summed E-state index contributed by atoms with van der Waals surface area (Å²) in [6.07, 6.45) is -4.10. The standard InChI is InChI=1S/C48H66N12O16/c1-4-22(2)39(47(74)60-40(23(3)61)48(75)76)59-46(73)32(18-25-21-53-29-8-6-5-7-27(25)29)56-44(71)33(19-36(51)64)58-45(72)34(20-37(52)65)57-43(70)31(17-24-9-11-26(62)12-10-24)55-42(69)30(14-16-38(66)67)54-41(68)28(49)13-15-35(50)63/h5-12,21-23,28,30-34,39-40,53,61-62H,4,13-20,49H2,1-3H3,(H2,50,63)(H2,51,64)(H2,52,65)(H,54,68)(H,55,69)(H,56,71)(H,57,70)(H,58,72)(H,59,73)(H,60,74)(H,66,67)(H,75,76)/t22-,23+,28-,30-,31-,32-,33-,34-,39-,40-/m0/s1. The number of carboxylic acids is 2. The van der Waals surface area contributed by atoms with Gasteiger partial charge in [-0.15, -0.1) is 0 Å². The van der Waals surface area contributed by atoms with Crippen LogP contribution in [0.15, 0.2) is 54.7 Å². The molecule has 28 heteroatoms. The lowest BCUT2D eigenvalue weighted by molar-refractivity contribution is -0.145. The number of carbonyl (C=O) groups excluding carboxylic acids is 10. The Balaban J connectivity index is 2.00. The molecule has 20 N–H and O–H groups in total. The van der Waals surface area contributed by atoms with Gasteiger partial charge in [0, 0.05) is 42.8 Å². The van der Waals surface area contributed by atoms with E-state index in [1.807, 2.05) is 0 Å². The van der Waals surface area contributed by atoms with Gasteiger partial charge in [0.25, 0.3) is 0 Å². The number of aromatic hydroxyl groups is 1. The molecule has 1 heterocycles. The second-order valence-corrected chi connectivity index (χ2v) is 18.1. The third-order valence-corrected chi connectivity index (χ3v) is 12.0. The van der Waals surface area contributed by atoms with E-state index < -0.39 is 163 Å². The molecule has 0 aliphatic carbocycles. The van der Waals surface area contributed by atoms with Gasteiger partial charge < -0.3 is 85.6 Å². The molecule has 414 valence electrons. The third-order valence-electron chi connectivity index (χ3n) is 12.0. The summed E-state index contributed by atoms with van der Waals surface area (Å²) in [5.74, 6) is -14.7. The number of nitrogens with two attached hydrogens (primary N) is 4. The number of aromatic amines is 1. The van der Waals surface area contributed by atoms with E-state index in [4.69, 9.17) is 22.9 Å². The van der Waals surface area contributed by atoms with E-state index in [2.05, 4.69) is 42.2 Å². The lowest BCUT2D eigenvalue weighted by Gasteiger charge is -2.29. The summed E-state index contributed by atoms with van der Waals surface area (Å²) < 4.78 is 0. The number of rotatable bonds is 32. The van der Waals surface area contributed by atoms with Gasteiger partial charge in [0.05, 0.1) is 25.0 Å². The van der Waals surface area contributed by atoms with Gasteiger partial charge in [0.2, 0.25) is 59.1 Å². The van der Waals surface area contributed by atoms with Crippen molar-refractivity contribution in [2.75, 3.05) is 0 Å². The van der Waals surface area contributed by atoms with Crippen LogP contribution in [0.3, 0.4) is 0 Å². The first kappa shape index (κ1) is 61.6. The van der Waals surface area contributed by atoms with E-state index in [-0.39, 0.29) is 31.4 Å². The molecule has 0 aliphatic rings. The molecular formula is C48H66N12O16. The molecule has 76 heavy (non-hydrogen) atoms. The Morgan fingerprint density at radius 2 is 1.05 bits per heavy atom. The van der Waals surface area contributed by atoms with Crippen molar-refractivity contribution in [1.82, 2.24) is 42.2 Å². The highest BCUT2D eigenvalue weighted by Gasteiger charge is 2.37. The molecule has 0 saturated carbocycles. The fourth-order valence-electron chi connectivity index (χ4n) is 7.55. The number of primary amides is 3. The van der Waals surface area contributed by atoms with Crippen LogP contribution in [0.25, 0.3) is 10.9 Å². The monoisotopic (exact) mass is 1070 g/mol. The van der Waals surface area contributed by atoms with Crippen LogP contribution < -0.4 is 60.2 Å². The topological polar surface area (TPSA) is 490 Å². The molecule has 3 aromatic rings. The van der Waals surface area contributed by atoms with Crippen molar-refractivity contribution in [1.29, 1.82) is 0 Å².